The first-order valence-corrected chi connectivity index (χ1v) is 9.37. The zero-order valence-electron chi connectivity index (χ0n) is 15.0. The Balaban J connectivity index is 1.55. The van der Waals surface area contributed by atoms with Gasteiger partial charge in [0.1, 0.15) is 11.9 Å². The molecule has 0 unspecified atom stereocenters. The Bertz CT molecular complexity index is 1040. The SMILES string of the molecule is Cc1c(C#N)nnc(N2CCc3nc(Nc4ccc(F)cc4)sc3C2)c1C. The molecule has 0 fully saturated rings. The number of nitriles is 1. The van der Waals surface area contributed by atoms with Crippen LogP contribution in [0.5, 0.6) is 0 Å². The molecule has 0 spiro atoms. The van der Waals surface area contributed by atoms with Crippen LogP contribution in [0.3, 0.4) is 0 Å². The highest BCUT2D eigenvalue weighted by molar-refractivity contribution is 7.15. The van der Waals surface area contributed by atoms with Crippen LogP contribution in [0.1, 0.15) is 27.4 Å². The van der Waals surface area contributed by atoms with Crippen LogP contribution in [0.15, 0.2) is 24.3 Å². The summed E-state index contributed by atoms with van der Waals surface area (Å²) in [6.45, 7) is 5.38. The molecule has 3 aromatic rings. The molecule has 1 N–H and O–H groups in total. The highest BCUT2D eigenvalue weighted by atomic mass is 32.1. The van der Waals surface area contributed by atoms with Crippen molar-refractivity contribution in [3.8, 4) is 6.07 Å². The zero-order chi connectivity index (χ0) is 19.0. The van der Waals surface area contributed by atoms with E-state index < -0.39 is 0 Å². The maximum absolute atomic E-state index is 13.0. The summed E-state index contributed by atoms with van der Waals surface area (Å²) in [6, 6.07) is 8.32. The molecule has 0 amide bonds. The summed E-state index contributed by atoms with van der Waals surface area (Å²) in [5.74, 6) is 0.558. The van der Waals surface area contributed by atoms with Gasteiger partial charge < -0.3 is 10.2 Å². The van der Waals surface area contributed by atoms with E-state index in [1.165, 1.54) is 17.0 Å². The van der Waals surface area contributed by atoms with Crippen LogP contribution in [0.2, 0.25) is 0 Å². The van der Waals surface area contributed by atoms with E-state index in [9.17, 15) is 4.39 Å². The van der Waals surface area contributed by atoms with Crippen LogP contribution in [0, 0.1) is 31.0 Å². The first kappa shape index (κ1) is 17.4. The van der Waals surface area contributed by atoms with Gasteiger partial charge >= 0.3 is 0 Å². The van der Waals surface area contributed by atoms with Gasteiger partial charge in [-0.2, -0.15) is 5.26 Å². The topological polar surface area (TPSA) is 77.7 Å². The quantitative estimate of drug-likeness (QED) is 0.743. The van der Waals surface area contributed by atoms with Gasteiger partial charge in [0.05, 0.1) is 12.2 Å². The molecule has 1 aromatic carbocycles. The molecule has 8 heteroatoms. The summed E-state index contributed by atoms with van der Waals surface area (Å²) in [5.41, 5.74) is 4.12. The summed E-state index contributed by atoms with van der Waals surface area (Å²) in [6.07, 6.45) is 0.817. The Labute approximate surface area is 160 Å². The van der Waals surface area contributed by atoms with E-state index in [-0.39, 0.29) is 5.82 Å². The molecule has 2 aromatic heterocycles. The van der Waals surface area contributed by atoms with Gasteiger partial charge in [-0.3, -0.25) is 0 Å². The summed E-state index contributed by atoms with van der Waals surface area (Å²) in [4.78, 5) is 8.03. The minimum atomic E-state index is -0.260. The fraction of sp³-hybridized carbons (Fsp3) is 0.263. The maximum atomic E-state index is 13.0. The number of halogens is 1. The first-order chi connectivity index (χ1) is 13.0. The highest BCUT2D eigenvalue weighted by Crippen LogP contribution is 2.33. The van der Waals surface area contributed by atoms with E-state index in [0.717, 1.165) is 46.4 Å². The second kappa shape index (κ2) is 6.93. The number of nitrogens with one attached hydrogen (secondary N) is 1. The van der Waals surface area contributed by atoms with Gasteiger partial charge in [0.25, 0.3) is 0 Å². The van der Waals surface area contributed by atoms with Crippen molar-refractivity contribution >= 4 is 28.0 Å². The van der Waals surface area contributed by atoms with E-state index in [2.05, 4.69) is 31.5 Å². The van der Waals surface area contributed by atoms with E-state index in [1.807, 2.05) is 13.8 Å². The number of anilines is 3. The van der Waals surface area contributed by atoms with Crippen molar-refractivity contribution in [2.75, 3.05) is 16.8 Å². The van der Waals surface area contributed by atoms with Gasteiger partial charge in [-0.1, -0.05) is 11.3 Å². The van der Waals surface area contributed by atoms with Crippen molar-refractivity contribution in [3.05, 3.63) is 57.5 Å². The number of fused-ring (bicyclic) bond motifs is 1. The molecule has 136 valence electrons. The first-order valence-electron chi connectivity index (χ1n) is 8.55. The van der Waals surface area contributed by atoms with Crippen LogP contribution >= 0.6 is 11.3 Å². The van der Waals surface area contributed by atoms with Gasteiger partial charge in [0.15, 0.2) is 16.6 Å². The second-order valence-corrected chi connectivity index (χ2v) is 7.51. The van der Waals surface area contributed by atoms with E-state index >= 15 is 0 Å². The Morgan fingerprint density at radius 1 is 1.19 bits per heavy atom. The van der Waals surface area contributed by atoms with Gasteiger partial charge in [0, 0.05) is 23.5 Å². The maximum Gasteiger partial charge on any atom is 0.187 e. The third kappa shape index (κ3) is 3.34. The number of nitrogens with zero attached hydrogens (tertiary/aromatic N) is 5. The van der Waals surface area contributed by atoms with E-state index in [4.69, 9.17) is 5.26 Å². The van der Waals surface area contributed by atoms with Gasteiger partial charge in [0.2, 0.25) is 0 Å². The third-order valence-electron chi connectivity index (χ3n) is 4.73. The molecule has 0 radical (unpaired) electrons. The largest absolute Gasteiger partial charge is 0.349 e. The number of aromatic nitrogens is 3. The number of hydrogen-bond acceptors (Lipinski definition) is 7. The van der Waals surface area contributed by atoms with Crippen molar-refractivity contribution in [1.29, 1.82) is 5.26 Å². The fourth-order valence-electron chi connectivity index (χ4n) is 3.09. The van der Waals surface area contributed by atoms with E-state index in [0.29, 0.717) is 12.2 Å². The molecule has 4 rings (SSSR count). The van der Waals surface area contributed by atoms with Crippen molar-refractivity contribution in [2.24, 2.45) is 0 Å². The monoisotopic (exact) mass is 380 g/mol. The van der Waals surface area contributed by atoms with Crippen molar-refractivity contribution in [3.63, 3.8) is 0 Å². The van der Waals surface area contributed by atoms with Crippen molar-refractivity contribution in [1.82, 2.24) is 15.2 Å². The highest BCUT2D eigenvalue weighted by Gasteiger charge is 2.24. The molecular weight excluding hydrogens is 363 g/mol. The smallest absolute Gasteiger partial charge is 0.187 e. The lowest BCUT2D eigenvalue weighted by atomic mass is 10.1. The average Bonchev–Trinajstić information content (AvgIpc) is 3.07. The van der Waals surface area contributed by atoms with E-state index in [1.54, 1.807) is 23.5 Å². The minimum Gasteiger partial charge on any atom is -0.349 e. The summed E-state index contributed by atoms with van der Waals surface area (Å²) >= 11 is 1.59. The predicted octanol–water partition coefficient (Wildman–Crippen LogP) is 3.87. The Kier molecular flexibility index (Phi) is 4.46. The second-order valence-electron chi connectivity index (χ2n) is 6.43. The summed E-state index contributed by atoms with van der Waals surface area (Å²) in [7, 11) is 0. The number of thiazole rings is 1. The molecule has 27 heavy (non-hydrogen) atoms. The fourth-order valence-corrected chi connectivity index (χ4v) is 4.13. The molecule has 0 bridgehead atoms. The zero-order valence-corrected chi connectivity index (χ0v) is 15.8. The summed E-state index contributed by atoms with van der Waals surface area (Å²) < 4.78 is 13.0. The molecule has 0 aliphatic carbocycles. The number of benzene rings is 1. The van der Waals surface area contributed by atoms with Crippen LogP contribution < -0.4 is 10.2 Å². The summed E-state index contributed by atoms with van der Waals surface area (Å²) in [5, 5.41) is 21.5. The molecular formula is C19H17FN6S. The lowest BCUT2D eigenvalue weighted by Gasteiger charge is -2.28. The van der Waals surface area contributed by atoms with Crippen LogP contribution in [-0.4, -0.2) is 21.7 Å². The molecule has 0 saturated heterocycles. The van der Waals surface area contributed by atoms with Crippen LogP contribution in [0.4, 0.5) is 21.0 Å². The van der Waals surface area contributed by atoms with Crippen molar-refractivity contribution < 1.29 is 4.39 Å². The molecule has 6 nitrogen and oxygen atoms in total. The predicted molar refractivity (Wildman–Crippen MR) is 103 cm³/mol. The third-order valence-corrected chi connectivity index (χ3v) is 5.73. The standard InChI is InChI=1S/C19H17FN6S/c1-11-12(2)18(25-24-16(11)9-21)26-8-7-15-17(10-26)27-19(23-15)22-14-5-3-13(20)4-6-14/h3-6H,7-8,10H2,1-2H3,(H,22,23). The molecule has 1 aliphatic rings. The lowest BCUT2D eigenvalue weighted by Crippen LogP contribution is -2.31. The minimum absolute atomic E-state index is 0.260. The number of rotatable bonds is 3. The van der Waals surface area contributed by atoms with Crippen molar-refractivity contribution in [2.45, 2.75) is 26.8 Å². The van der Waals surface area contributed by atoms with Crippen LogP contribution in [0.25, 0.3) is 0 Å². The Hall–Kier alpha value is -3.05. The van der Waals surface area contributed by atoms with Crippen LogP contribution in [-0.2, 0) is 13.0 Å². The normalized spacial score (nSPS) is 13.2. The molecule has 0 saturated carbocycles. The van der Waals surface area contributed by atoms with Gasteiger partial charge in [-0.05, 0) is 49.2 Å². The van der Waals surface area contributed by atoms with Gasteiger partial charge in [-0.15, -0.1) is 10.2 Å². The molecule has 0 atom stereocenters. The molecule has 1 aliphatic heterocycles. The molecule has 3 heterocycles. The number of hydrogen-bond donors (Lipinski definition) is 1. The Morgan fingerprint density at radius 3 is 2.70 bits per heavy atom. The average molecular weight is 380 g/mol. The van der Waals surface area contributed by atoms with Gasteiger partial charge in [-0.25, -0.2) is 9.37 Å². The lowest BCUT2D eigenvalue weighted by molar-refractivity contribution is 0.628. The Morgan fingerprint density at radius 2 is 1.96 bits per heavy atom.